The van der Waals surface area contributed by atoms with Crippen LogP contribution in [-0.4, -0.2) is 13.1 Å². The van der Waals surface area contributed by atoms with Gasteiger partial charge in [0.15, 0.2) is 0 Å². The predicted molar refractivity (Wildman–Crippen MR) is 61.7 cm³/mol. The highest BCUT2D eigenvalue weighted by Crippen LogP contribution is 2.49. The maximum absolute atomic E-state index is 14.3. The summed E-state index contributed by atoms with van der Waals surface area (Å²) < 4.78 is 19.8. The topological polar surface area (TPSA) is 26.3 Å². The third-order valence-electron chi connectivity index (χ3n) is 3.02. The van der Waals surface area contributed by atoms with Gasteiger partial charge in [-0.25, -0.2) is 4.39 Å². The lowest BCUT2D eigenvalue weighted by molar-refractivity contribution is -0.155. The van der Waals surface area contributed by atoms with E-state index in [9.17, 15) is 9.18 Å². The number of hydrogen-bond donors (Lipinski definition) is 0. The molecule has 0 aliphatic heterocycles. The molecule has 1 aromatic carbocycles. The maximum atomic E-state index is 14.3. The van der Waals surface area contributed by atoms with E-state index in [-0.39, 0.29) is 24.7 Å². The molecule has 0 unspecified atom stereocenters. The minimum absolute atomic E-state index is 0.218. The molecule has 0 atom stereocenters. The van der Waals surface area contributed by atoms with E-state index in [4.69, 9.17) is 0 Å². The summed E-state index contributed by atoms with van der Waals surface area (Å²) in [6.07, 6.45) is 0.437. The number of hydrogen-bond acceptors (Lipinski definition) is 2. The largest absolute Gasteiger partial charge is 0.469 e. The van der Waals surface area contributed by atoms with Gasteiger partial charge >= 0.3 is 5.97 Å². The first-order valence-corrected chi connectivity index (χ1v) is 5.87. The van der Waals surface area contributed by atoms with Crippen LogP contribution in [0.2, 0.25) is 0 Å². The number of methoxy groups -OCH3 is 1. The summed E-state index contributed by atoms with van der Waals surface area (Å²) in [5.41, 5.74) is -0.746. The fourth-order valence-electron chi connectivity index (χ4n) is 2.06. The van der Waals surface area contributed by atoms with Crippen LogP contribution in [0.5, 0.6) is 0 Å². The van der Waals surface area contributed by atoms with E-state index in [1.54, 1.807) is 18.2 Å². The first kappa shape index (κ1) is 11.6. The standard InChI is InChI=1S/C12H12BrFO2/c1-16-11(15)8-6-12(14,7-8)9-3-2-4-10(13)5-9/h2-5,8H,6-7H2,1H3. The highest BCUT2D eigenvalue weighted by Gasteiger charge is 2.49. The molecule has 1 saturated carbocycles. The van der Waals surface area contributed by atoms with E-state index >= 15 is 0 Å². The molecule has 1 aliphatic rings. The fourth-order valence-corrected chi connectivity index (χ4v) is 2.46. The van der Waals surface area contributed by atoms with Gasteiger partial charge in [0.1, 0.15) is 5.67 Å². The molecular weight excluding hydrogens is 275 g/mol. The van der Waals surface area contributed by atoms with Crippen LogP contribution in [-0.2, 0) is 15.2 Å². The van der Waals surface area contributed by atoms with Crippen molar-refractivity contribution in [1.29, 1.82) is 0 Å². The van der Waals surface area contributed by atoms with Crippen molar-refractivity contribution in [3.8, 4) is 0 Å². The highest BCUT2D eigenvalue weighted by molar-refractivity contribution is 9.10. The molecule has 2 nitrogen and oxygen atoms in total. The summed E-state index contributed by atoms with van der Waals surface area (Å²) in [6.45, 7) is 0. The Morgan fingerprint density at radius 3 is 2.81 bits per heavy atom. The van der Waals surface area contributed by atoms with Crippen LogP contribution < -0.4 is 0 Å². The second-order valence-corrected chi connectivity index (χ2v) is 5.02. The Labute approximate surface area is 102 Å². The van der Waals surface area contributed by atoms with Crippen LogP contribution in [0.1, 0.15) is 18.4 Å². The summed E-state index contributed by atoms with van der Waals surface area (Å²) >= 11 is 3.31. The smallest absolute Gasteiger partial charge is 0.308 e. The van der Waals surface area contributed by atoms with Gasteiger partial charge in [0.05, 0.1) is 13.0 Å². The van der Waals surface area contributed by atoms with Crippen molar-refractivity contribution < 1.29 is 13.9 Å². The molecule has 0 N–H and O–H groups in total. The molecule has 1 aliphatic carbocycles. The van der Waals surface area contributed by atoms with Crippen molar-refractivity contribution in [3.05, 3.63) is 34.3 Å². The maximum Gasteiger partial charge on any atom is 0.308 e. The summed E-state index contributed by atoms with van der Waals surface area (Å²) in [5.74, 6) is -0.614. The molecule has 0 saturated heterocycles. The average Bonchev–Trinajstić information content (AvgIpc) is 2.23. The van der Waals surface area contributed by atoms with Crippen molar-refractivity contribution in [2.75, 3.05) is 7.11 Å². The van der Waals surface area contributed by atoms with E-state index in [0.29, 0.717) is 5.56 Å². The summed E-state index contributed by atoms with van der Waals surface area (Å²) in [7, 11) is 1.33. The Bertz CT molecular complexity index is 413. The molecule has 1 aromatic rings. The molecule has 4 heteroatoms. The van der Waals surface area contributed by atoms with E-state index in [0.717, 1.165) is 4.47 Å². The molecule has 1 fully saturated rings. The Morgan fingerprint density at radius 2 is 2.25 bits per heavy atom. The molecule has 0 amide bonds. The van der Waals surface area contributed by atoms with Crippen molar-refractivity contribution in [2.24, 2.45) is 5.92 Å². The zero-order chi connectivity index (χ0) is 11.8. The van der Waals surface area contributed by atoms with Crippen molar-refractivity contribution in [1.82, 2.24) is 0 Å². The second kappa shape index (κ2) is 4.17. The number of carbonyl (C=O) groups excluding carboxylic acids is 1. The van der Waals surface area contributed by atoms with Gasteiger partial charge < -0.3 is 4.74 Å². The second-order valence-electron chi connectivity index (χ2n) is 4.10. The van der Waals surface area contributed by atoms with Crippen molar-refractivity contribution >= 4 is 21.9 Å². The minimum Gasteiger partial charge on any atom is -0.469 e. The zero-order valence-corrected chi connectivity index (χ0v) is 10.5. The monoisotopic (exact) mass is 286 g/mol. The number of halogens is 2. The van der Waals surface area contributed by atoms with Gasteiger partial charge in [0.2, 0.25) is 0 Å². The molecular formula is C12H12BrFO2. The van der Waals surface area contributed by atoms with Gasteiger partial charge in [-0.1, -0.05) is 28.1 Å². The highest BCUT2D eigenvalue weighted by atomic mass is 79.9. The number of benzene rings is 1. The van der Waals surface area contributed by atoms with Crippen molar-refractivity contribution in [3.63, 3.8) is 0 Å². The Morgan fingerprint density at radius 1 is 1.56 bits per heavy atom. The van der Waals surface area contributed by atoms with Crippen LogP contribution >= 0.6 is 15.9 Å². The molecule has 0 spiro atoms. The molecule has 0 bridgehead atoms. The van der Waals surface area contributed by atoms with Crippen LogP contribution in [0, 0.1) is 5.92 Å². The van der Waals surface area contributed by atoms with Crippen LogP contribution in [0.3, 0.4) is 0 Å². The Kier molecular flexibility index (Phi) is 3.02. The number of ether oxygens (including phenoxy) is 1. The number of rotatable bonds is 2. The van der Waals surface area contributed by atoms with Gasteiger partial charge in [-0.2, -0.15) is 0 Å². The lowest BCUT2D eigenvalue weighted by Gasteiger charge is -2.40. The minimum atomic E-state index is -1.37. The fraction of sp³-hybridized carbons (Fsp3) is 0.417. The first-order valence-electron chi connectivity index (χ1n) is 5.08. The van der Waals surface area contributed by atoms with E-state index < -0.39 is 5.67 Å². The van der Waals surface area contributed by atoms with Gasteiger partial charge in [0.25, 0.3) is 0 Å². The Hall–Kier alpha value is -0.900. The SMILES string of the molecule is COC(=O)C1CC(F)(c2cccc(Br)c2)C1. The lowest BCUT2D eigenvalue weighted by atomic mass is 9.69. The predicted octanol–water partition coefficient (Wildman–Crippen LogP) is 3.20. The molecule has 16 heavy (non-hydrogen) atoms. The third kappa shape index (κ3) is 1.98. The molecule has 0 radical (unpaired) electrons. The average molecular weight is 287 g/mol. The van der Waals surface area contributed by atoms with E-state index in [1.807, 2.05) is 6.07 Å². The van der Waals surface area contributed by atoms with Gasteiger partial charge in [-0.3, -0.25) is 4.79 Å². The van der Waals surface area contributed by atoms with Gasteiger partial charge in [-0.15, -0.1) is 0 Å². The number of alkyl halides is 1. The third-order valence-corrected chi connectivity index (χ3v) is 3.51. The number of carbonyl (C=O) groups is 1. The van der Waals surface area contributed by atoms with Crippen LogP contribution in [0.4, 0.5) is 4.39 Å². The van der Waals surface area contributed by atoms with Crippen LogP contribution in [0.25, 0.3) is 0 Å². The van der Waals surface area contributed by atoms with E-state index in [2.05, 4.69) is 20.7 Å². The summed E-state index contributed by atoms with van der Waals surface area (Å²) in [6, 6.07) is 7.15. The lowest BCUT2D eigenvalue weighted by Crippen LogP contribution is -2.41. The normalized spacial score (nSPS) is 28.3. The van der Waals surface area contributed by atoms with Gasteiger partial charge in [0, 0.05) is 4.47 Å². The zero-order valence-electron chi connectivity index (χ0n) is 8.87. The molecule has 2 rings (SSSR count). The summed E-state index contributed by atoms with van der Waals surface area (Å²) in [4.78, 5) is 11.2. The van der Waals surface area contributed by atoms with E-state index in [1.165, 1.54) is 7.11 Å². The Balaban J connectivity index is 2.10. The quantitative estimate of drug-likeness (QED) is 0.781. The number of esters is 1. The van der Waals surface area contributed by atoms with Gasteiger partial charge in [-0.05, 0) is 30.5 Å². The first-order chi connectivity index (χ1) is 7.55. The van der Waals surface area contributed by atoms with Crippen molar-refractivity contribution in [2.45, 2.75) is 18.5 Å². The molecule has 86 valence electrons. The molecule has 0 aromatic heterocycles. The van der Waals surface area contributed by atoms with Crippen LogP contribution in [0.15, 0.2) is 28.7 Å². The molecule has 0 heterocycles. The summed E-state index contributed by atoms with van der Waals surface area (Å²) in [5, 5.41) is 0.